The van der Waals surface area contributed by atoms with Crippen molar-refractivity contribution in [2.75, 3.05) is 12.3 Å². The van der Waals surface area contributed by atoms with E-state index in [0.29, 0.717) is 24.3 Å². The van der Waals surface area contributed by atoms with Gasteiger partial charge in [-0.05, 0) is 48.7 Å². The van der Waals surface area contributed by atoms with Gasteiger partial charge in [0, 0.05) is 18.3 Å². The lowest BCUT2D eigenvalue weighted by Crippen LogP contribution is -2.26. The number of aromatic nitrogens is 1. The third kappa shape index (κ3) is 3.54. The number of carbonyl (C=O) groups is 1. The van der Waals surface area contributed by atoms with Gasteiger partial charge in [0.15, 0.2) is 0 Å². The van der Waals surface area contributed by atoms with Crippen molar-refractivity contribution in [2.24, 2.45) is 0 Å². The second kappa shape index (κ2) is 6.14. The number of rotatable bonds is 4. The molecule has 2 rings (SSSR count). The van der Waals surface area contributed by atoms with Gasteiger partial charge in [0.2, 0.25) is 0 Å². The van der Waals surface area contributed by atoms with Crippen molar-refractivity contribution in [3.8, 4) is 0 Å². The zero-order valence-electron chi connectivity index (χ0n) is 11.2. The van der Waals surface area contributed by atoms with Crippen LogP contribution >= 0.6 is 0 Å². The van der Waals surface area contributed by atoms with Gasteiger partial charge in [-0.3, -0.25) is 4.79 Å². The summed E-state index contributed by atoms with van der Waals surface area (Å²) in [4.78, 5) is 15.7. The molecule has 2 aromatic rings. The molecule has 1 aromatic heterocycles. The van der Waals surface area contributed by atoms with Crippen LogP contribution in [0.15, 0.2) is 36.5 Å². The fourth-order valence-corrected chi connectivity index (χ4v) is 1.94. The fourth-order valence-electron chi connectivity index (χ4n) is 1.94. The molecule has 0 saturated heterocycles. The lowest BCUT2D eigenvalue weighted by Gasteiger charge is -2.08. The van der Waals surface area contributed by atoms with Gasteiger partial charge in [-0.25, -0.2) is 9.37 Å². The van der Waals surface area contributed by atoms with Crippen LogP contribution < -0.4 is 11.1 Å². The van der Waals surface area contributed by atoms with Crippen LogP contribution in [0, 0.1) is 12.7 Å². The van der Waals surface area contributed by atoms with Crippen molar-refractivity contribution in [2.45, 2.75) is 13.3 Å². The van der Waals surface area contributed by atoms with E-state index in [-0.39, 0.29) is 11.7 Å². The molecule has 1 amide bonds. The van der Waals surface area contributed by atoms with Gasteiger partial charge in [0.25, 0.3) is 5.91 Å². The summed E-state index contributed by atoms with van der Waals surface area (Å²) in [5.74, 6) is -0.131. The minimum absolute atomic E-state index is 0.195. The molecule has 0 saturated carbocycles. The van der Waals surface area contributed by atoms with Crippen LogP contribution in [0.1, 0.15) is 21.5 Å². The molecule has 0 aliphatic carbocycles. The van der Waals surface area contributed by atoms with Crippen molar-refractivity contribution >= 4 is 11.7 Å². The minimum atomic E-state index is -0.248. The molecule has 0 atom stereocenters. The Labute approximate surface area is 116 Å². The van der Waals surface area contributed by atoms with Gasteiger partial charge in [-0.15, -0.1) is 0 Å². The van der Waals surface area contributed by atoms with Crippen molar-refractivity contribution in [1.29, 1.82) is 0 Å². The maximum absolute atomic E-state index is 13.0. The highest BCUT2D eigenvalue weighted by molar-refractivity contribution is 5.94. The van der Waals surface area contributed by atoms with Crippen molar-refractivity contribution in [3.63, 3.8) is 0 Å². The summed E-state index contributed by atoms with van der Waals surface area (Å²) in [6.07, 6.45) is 2.15. The van der Waals surface area contributed by atoms with Gasteiger partial charge < -0.3 is 11.1 Å². The number of benzene rings is 1. The highest BCUT2D eigenvalue weighted by atomic mass is 19.1. The number of hydrogen-bond donors (Lipinski definition) is 2. The van der Waals surface area contributed by atoms with Gasteiger partial charge in [-0.1, -0.05) is 6.07 Å². The van der Waals surface area contributed by atoms with E-state index in [9.17, 15) is 9.18 Å². The molecule has 0 spiro atoms. The van der Waals surface area contributed by atoms with E-state index in [1.807, 2.05) is 6.92 Å². The molecule has 1 heterocycles. The van der Waals surface area contributed by atoms with Crippen molar-refractivity contribution in [1.82, 2.24) is 10.3 Å². The highest BCUT2D eigenvalue weighted by Gasteiger charge is 2.06. The highest BCUT2D eigenvalue weighted by Crippen LogP contribution is 2.10. The minimum Gasteiger partial charge on any atom is -0.384 e. The Morgan fingerprint density at radius 1 is 1.35 bits per heavy atom. The van der Waals surface area contributed by atoms with Crippen molar-refractivity contribution < 1.29 is 9.18 Å². The SMILES string of the molecule is Cc1cc(F)ccc1CCNC(=O)c1ccnc(N)c1. The molecular formula is C15H16FN3O. The average molecular weight is 273 g/mol. The summed E-state index contributed by atoms with van der Waals surface area (Å²) in [5, 5.41) is 2.80. The molecule has 104 valence electrons. The van der Waals surface area contributed by atoms with Crippen LogP contribution in [0.4, 0.5) is 10.2 Å². The molecule has 3 N–H and O–H groups in total. The lowest BCUT2D eigenvalue weighted by atomic mass is 10.1. The first kappa shape index (κ1) is 14.0. The molecule has 1 aromatic carbocycles. The number of pyridine rings is 1. The number of nitrogens with two attached hydrogens (primary N) is 1. The number of halogens is 1. The number of nitrogens with one attached hydrogen (secondary N) is 1. The van der Waals surface area contributed by atoms with E-state index >= 15 is 0 Å². The normalized spacial score (nSPS) is 10.3. The monoisotopic (exact) mass is 273 g/mol. The zero-order chi connectivity index (χ0) is 14.5. The maximum Gasteiger partial charge on any atom is 0.251 e. The number of amides is 1. The molecule has 5 heteroatoms. The third-order valence-electron chi connectivity index (χ3n) is 3.03. The molecule has 0 unspecified atom stereocenters. The fraction of sp³-hybridized carbons (Fsp3) is 0.200. The van der Waals surface area contributed by atoms with Crippen LogP contribution in [-0.4, -0.2) is 17.4 Å². The predicted molar refractivity (Wildman–Crippen MR) is 75.8 cm³/mol. The second-order valence-corrected chi connectivity index (χ2v) is 4.55. The third-order valence-corrected chi connectivity index (χ3v) is 3.03. The number of carbonyl (C=O) groups excluding carboxylic acids is 1. The van der Waals surface area contributed by atoms with Crippen molar-refractivity contribution in [3.05, 3.63) is 59.0 Å². The van der Waals surface area contributed by atoms with Gasteiger partial charge in [0.05, 0.1) is 0 Å². The molecule has 0 aliphatic rings. The number of nitrogens with zero attached hydrogens (tertiary/aromatic N) is 1. The quantitative estimate of drug-likeness (QED) is 0.896. The maximum atomic E-state index is 13.0. The number of nitrogen functional groups attached to an aromatic ring is 1. The molecule has 0 aliphatic heterocycles. The summed E-state index contributed by atoms with van der Waals surface area (Å²) >= 11 is 0. The summed E-state index contributed by atoms with van der Waals surface area (Å²) in [5.41, 5.74) is 7.90. The number of anilines is 1. The van der Waals surface area contributed by atoms with E-state index < -0.39 is 0 Å². The zero-order valence-corrected chi connectivity index (χ0v) is 11.2. The van der Waals surface area contributed by atoms with E-state index in [4.69, 9.17) is 5.73 Å². The first-order valence-corrected chi connectivity index (χ1v) is 6.31. The smallest absolute Gasteiger partial charge is 0.251 e. The molecular weight excluding hydrogens is 257 g/mol. The summed E-state index contributed by atoms with van der Waals surface area (Å²) < 4.78 is 13.0. The Hall–Kier alpha value is -2.43. The van der Waals surface area contributed by atoms with Gasteiger partial charge in [0.1, 0.15) is 11.6 Å². The van der Waals surface area contributed by atoms with E-state index in [1.54, 1.807) is 12.1 Å². The van der Waals surface area contributed by atoms with Gasteiger partial charge in [-0.2, -0.15) is 0 Å². The standard InChI is InChI=1S/C15H16FN3O/c1-10-8-13(16)3-2-11(10)4-7-19-15(20)12-5-6-18-14(17)9-12/h2-3,5-6,8-9H,4,7H2,1H3,(H2,17,18)(H,19,20). The molecule has 20 heavy (non-hydrogen) atoms. The first-order chi connectivity index (χ1) is 9.56. The van der Waals surface area contributed by atoms with Crippen LogP contribution in [0.2, 0.25) is 0 Å². The topological polar surface area (TPSA) is 68.0 Å². The largest absolute Gasteiger partial charge is 0.384 e. The van der Waals surface area contributed by atoms with Crippen LogP contribution in [0.3, 0.4) is 0 Å². The summed E-state index contributed by atoms with van der Waals surface area (Å²) in [6, 6.07) is 7.78. The van der Waals surface area contributed by atoms with Crippen LogP contribution in [-0.2, 0) is 6.42 Å². The van der Waals surface area contributed by atoms with E-state index in [0.717, 1.165) is 11.1 Å². The Kier molecular flexibility index (Phi) is 4.30. The lowest BCUT2D eigenvalue weighted by molar-refractivity contribution is 0.0954. The molecule has 4 nitrogen and oxygen atoms in total. The number of aryl methyl sites for hydroxylation is 1. The summed E-state index contributed by atoms with van der Waals surface area (Å²) in [7, 11) is 0. The van der Waals surface area contributed by atoms with Crippen LogP contribution in [0.5, 0.6) is 0 Å². The Morgan fingerprint density at radius 2 is 2.15 bits per heavy atom. The van der Waals surface area contributed by atoms with E-state index in [1.165, 1.54) is 24.4 Å². The molecule has 0 bridgehead atoms. The summed E-state index contributed by atoms with van der Waals surface area (Å²) in [6.45, 7) is 2.33. The molecule has 0 radical (unpaired) electrons. The number of hydrogen-bond acceptors (Lipinski definition) is 3. The Balaban J connectivity index is 1.91. The van der Waals surface area contributed by atoms with Gasteiger partial charge >= 0.3 is 0 Å². The second-order valence-electron chi connectivity index (χ2n) is 4.55. The Bertz CT molecular complexity index is 628. The predicted octanol–water partition coefficient (Wildman–Crippen LogP) is 2.08. The van der Waals surface area contributed by atoms with E-state index in [2.05, 4.69) is 10.3 Å². The Morgan fingerprint density at radius 3 is 2.85 bits per heavy atom. The average Bonchev–Trinajstić information content (AvgIpc) is 2.41. The van der Waals surface area contributed by atoms with Crippen LogP contribution in [0.25, 0.3) is 0 Å². The first-order valence-electron chi connectivity index (χ1n) is 6.31. The molecule has 0 fully saturated rings.